The first kappa shape index (κ1) is 27.0. The first-order valence-corrected chi connectivity index (χ1v) is 11.3. The SMILES string of the molecule is Fc1c(F)c(F)c(C=Cc2ccc3cc4cc(C=Cc5c(F)c(F)c(F)c(F)c5F)ccc4cc3c2)c(F)c1F. The van der Waals surface area contributed by atoms with Crippen LogP contribution >= 0.6 is 0 Å². The van der Waals surface area contributed by atoms with E-state index < -0.39 is 69.3 Å². The Morgan fingerprint density at radius 3 is 0.925 bits per heavy atom. The van der Waals surface area contributed by atoms with Crippen molar-refractivity contribution in [1.29, 1.82) is 0 Å². The van der Waals surface area contributed by atoms with Crippen molar-refractivity contribution in [3.05, 3.63) is 129 Å². The van der Waals surface area contributed by atoms with Crippen molar-refractivity contribution in [2.75, 3.05) is 0 Å². The minimum absolute atomic E-state index is 0.401. The van der Waals surface area contributed by atoms with Gasteiger partial charge in [-0.15, -0.1) is 0 Å². The topological polar surface area (TPSA) is 0 Å². The van der Waals surface area contributed by atoms with Crippen molar-refractivity contribution in [1.82, 2.24) is 0 Å². The molecule has 5 rings (SSSR count). The minimum atomic E-state index is -2.25. The van der Waals surface area contributed by atoms with Crippen LogP contribution in [0.25, 0.3) is 45.8 Å². The Kier molecular flexibility index (Phi) is 6.87. The number of benzene rings is 5. The minimum Gasteiger partial charge on any atom is -0.203 e. The molecule has 0 atom stereocenters. The summed E-state index contributed by atoms with van der Waals surface area (Å²) in [6.07, 6.45) is 3.94. The van der Waals surface area contributed by atoms with E-state index in [9.17, 15) is 43.9 Å². The summed E-state index contributed by atoms with van der Waals surface area (Å²) in [6, 6.07) is 13.1. The molecule has 0 spiro atoms. The monoisotopic (exact) mass is 562 g/mol. The Labute approximate surface area is 219 Å². The molecule has 0 aliphatic heterocycles. The summed E-state index contributed by atoms with van der Waals surface area (Å²) >= 11 is 0. The number of halogens is 10. The zero-order chi connectivity index (χ0) is 28.9. The van der Waals surface area contributed by atoms with Crippen molar-refractivity contribution >= 4 is 45.8 Å². The van der Waals surface area contributed by atoms with E-state index in [1.165, 1.54) is 12.2 Å². The summed E-state index contributed by atoms with van der Waals surface area (Å²) in [7, 11) is 0. The molecule has 0 aromatic heterocycles. The van der Waals surface area contributed by atoms with Crippen molar-refractivity contribution in [3.63, 3.8) is 0 Å². The molecule has 5 aromatic carbocycles. The highest BCUT2D eigenvalue weighted by Gasteiger charge is 2.25. The number of hydrogen-bond acceptors (Lipinski definition) is 0. The lowest BCUT2D eigenvalue weighted by Gasteiger charge is -2.07. The lowest BCUT2D eigenvalue weighted by atomic mass is 9.99. The Hall–Kier alpha value is -4.60. The van der Waals surface area contributed by atoms with Gasteiger partial charge in [0, 0.05) is 0 Å². The molecular formula is C30H12F10. The van der Waals surface area contributed by atoms with E-state index >= 15 is 0 Å². The van der Waals surface area contributed by atoms with Gasteiger partial charge in [0.25, 0.3) is 0 Å². The predicted octanol–water partition coefficient (Wildman–Crippen LogP) is 9.72. The molecule has 0 aliphatic rings. The highest BCUT2D eigenvalue weighted by molar-refractivity contribution is 6.00. The zero-order valence-electron chi connectivity index (χ0n) is 19.7. The normalized spacial score (nSPS) is 12.1. The van der Waals surface area contributed by atoms with Gasteiger partial charge in [0.2, 0.25) is 11.6 Å². The summed E-state index contributed by atoms with van der Waals surface area (Å²) in [5.74, 6) is -20.5. The van der Waals surface area contributed by atoms with Crippen LogP contribution in [0.3, 0.4) is 0 Å². The van der Waals surface area contributed by atoms with E-state index in [4.69, 9.17) is 0 Å². The van der Waals surface area contributed by atoms with Gasteiger partial charge in [-0.1, -0.05) is 36.4 Å². The second-order valence-corrected chi connectivity index (χ2v) is 8.70. The van der Waals surface area contributed by atoms with E-state index in [0.29, 0.717) is 32.7 Å². The summed E-state index contributed by atoms with van der Waals surface area (Å²) in [6.45, 7) is 0. The van der Waals surface area contributed by atoms with Crippen molar-refractivity contribution in [3.8, 4) is 0 Å². The van der Waals surface area contributed by atoms with Crippen LogP contribution in [0.4, 0.5) is 43.9 Å². The first-order chi connectivity index (χ1) is 19.0. The average molecular weight is 562 g/mol. The quantitative estimate of drug-likeness (QED) is 0.0673. The molecule has 0 aliphatic carbocycles. The molecule has 0 N–H and O–H groups in total. The van der Waals surface area contributed by atoms with Crippen LogP contribution in [0, 0.1) is 58.2 Å². The predicted molar refractivity (Wildman–Crippen MR) is 132 cm³/mol. The molecule has 0 nitrogen and oxygen atoms in total. The van der Waals surface area contributed by atoms with Gasteiger partial charge in [0.15, 0.2) is 46.5 Å². The number of fused-ring (bicyclic) bond motifs is 2. The number of hydrogen-bond donors (Lipinski definition) is 0. The largest absolute Gasteiger partial charge is 0.203 e. The third-order valence-electron chi connectivity index (χ3n) is 6.22. The summed E-state index contributed by atoms with van der Waals surface area (Å²) in [4.78, 5) is 0. The molecule has 0 saturated heterocycles. The molecule has 0 fully saturated rings. The zero-order valence-corrected chi connectivity index (χ0v) is 19.7. The fourth-order valence-electron chi connectivity index (χ4n) is 4.14. The Morgan fingerprint density at radius 2 is 0.600 bits per heavy atom. The van der Waals surface area contributed by atoms with Crippen molar-refractivity contribution < 1.29 is 43.9 Å². The van der Waals surface area contributed by atoms with Gasteiger partial charge >= 0.3 is 0 Å². The second-order valence-electron chi connectivity index (χ2n) is 8.70. The highest BCUT2D eigenvalue weighted by atomic mass is 19.2. The maximum Gasteiger partial charge on any atom is 0.200 e. The van der Waals surface area contributed by atoms with Crippen LogP contribution in [-0.2, 0) is 0 Å². The van der Waals surface area contributed by atoms with Crippen LogP contribution in [0.2, 0.25) is 0 Å². The average Bonchev–Trinajstić information content (AvgIpc) is 2.95. The molecule has 0 heterocycles. The van der Waals surface area contributed by atoms with E-state index in [1.54, 1.807) is 48.5 Å². The lowest BCUT2D eigenvalue weighted by Crippen LogP contribution is -2.03. The standard InChI is InChI=1S/C30H12F10/c31-21-19(22(32)26(36)29(39)25(21)35)7-3-13-1-5-15-11-18-10-14(2-6-16(18)12-17(15)9-13)4-8-20-23(33)27(37)30(40)28(38)24(20)34/h1-12H. The third kappa shape index (κ3) is 4.59. The van der Waals surface area contributed by atoms with Gasteiger partial charge in [0.05, 0.1) is 11.1 Å². The van der Waals surface area contributed by atoms with E-state index in [-0.39, 0.29) is 0 Å². The summed E-state index contributed by atoms with van der Waals surface area (Å²) in [5.41, 5.74) is -1.36. The molecule has 0 radical (unpaired) electrons. The molecule has 5 aromatic rings. The smallest absolute Gasteiger partial charge is 0.200 e. The van der Waals surface area contributed by atoms with E-state index in [0.717, 1.165) is 12.2 Å². The molecule has 0 saturated carbocycles. The molecule has 0 bridgehead atoms. The summed E-state index contributed by atoms with van der Waals surface area (Å²) in [5, 5.41) is 2.72. The molecule has 10 heteroatoms. The second kappa shape index (κ2) is 10.2. The van der Waals surface area contributed by atoms with E-state index in [2.05, 4.69) is 0 Å². The number of rotatable bonds is 4. The molecule has 202 valence electrons. The molecule has 0 unspecified atom stereocenters. The fraction of sp³-hybridized carbons (Fsp3) is 0. The molecule has 0 amide bonds. The maximum absolute atomic E-state index is 13.9. The van der Waals surface area contributed by atoms with Gasteiger partial charge < -0.3 is 0 Å². The molecular weight excluding hydrogens is 550 g/mol. The van der Waals surface area contributed by atoms with E-state index in [1.807, 2.05) is 0 Å². The molecule has 40 heavy (non-hydrogen) atoms. The first-order valence-electron chi connectivity index (χ1n) is 11.3. The summed E-state index contributed by atoms with van der Waals surface area (Å²) < 4.78 is 136. The van der Waals surface area contributed by atoms with Gasteiger partial charge in [-0.3, -0.25) is 0 Å². The fourth-order valence-corrected chi connectivity index (χ4v) is 4.14. The van der Waals surface area contributed by atoms with Crippen molar-refractivity contribution in [2.45, 2.75) is 0 Å². The lowest BCUT2D eigenvalue weighted by molar-refractivity contribution is 0.377. The van der Waals surface area contributed by atoms with Gasteiger partial charge in [-0.25, -0.2) is 43.9 Å². The van der Waals surface area contributed by atoms with Crippen LogP contribution in [0.5, 0.6) is 0 Å². The Morgan fingerprint density at radius 1 is 0.300 bits per heavy atom. The van der Waals surface area contributed by atoms with Crippen LogP contribution in [-0.4, -0.2) is 0 Å². The van der Waals surface area contributed by atoms with Crippen molar-refractivity contribution in [2.24, 2.45) is 0 Å². The van der Waals surface area contributed by atoms with Gasteiger partial charge in [0.1, 0.15) is 0 Å². The van der Waals surface area contributed by atoms with Crippen LogP contribution < -0.4 is 0 Å². The van der Waals surface area contributed by atoms with Gasteiger partial charge in [-0.2, -0.15) is 0 Å². The Balaban J connectivity index is 1.47. The van der Waals surface area contributed by atoms with Crippen LogP contribution in [0.15, 0.2) is 48.5 Å². The van der Waals surface area contributed by atoms with Gasteiger partial charge in [-0.05, 0) is 69.1 Å². The van der Waals surface area contributed by atoms with Crippen LogP contribution in [0.1, 0.15) is 22.3 Å². The highest BCUT2D eigenvalue weighted by Crippen LogP contribution is 2.29. The third-order valence-corrected chi connectivity index (χ3v) is 6.22. The Bertz CT molecular complexity index is 1710. The maximum atomic E-state index is 13.9.